The van der Waals surface area contributed by atoms with Gasteiger partial charge in [0.1, 0.15) is 5.01 Å². The molecule has 1 unspecified atom stereocenters. The van der Waals surface area contributed by atoms with E-state index in [1.165, 1.54) is 30.7 Å². The summed E-state index contributed by atoms with van der Waals surface area (Å²) in [5, 5.41) is 3.30. The molecule has 1 aliphatic carbocycles. The number of nitrogens with two attached hydrogens (primary N) is 1. The van der Waals surface area contributed by atoms with Crippen LogP contribution in [0, 0.1) is 0 Å². The summed E-state index contributed by atoms with van der Waals surface area (Å²) in [6.07, 6.45) is 6.73. The van der Waals surface area contributed by atoms with E-state index in [4.69, 9.17) is 5.73 Å². The molecule has 17 heavy (non-hydrogen) atoms. The van der Waals surface area contributed by atoms with E-state index >= 15 is 0 Å². The summed E-state index contributed by atoms with van der Waals surface area (Å²) in [6, 6.07) is 1.57. The first-order chi connectivity index (χ1) is 8.22. The number of hydrogen-bond acceptors (Lipinski definition) is 4. The van der Waals surface area contributed by atoms with Crippen LogP contribution in [0.1, 0.15) is 50.6 Å². The third-order valence-corrected chi connectivity index (χ3v) is 4.83. The molecule has 1 aromatic rings. The molecule has 0 amide bonds. The van der Waals surface area contributed by atoms with Crippen molar-refractivity contribution in [3.63, 3.8) is 0 Å². The summed E-state index contributed by atoms with van der Waals surface area (Å²) < 4.78 is 0. The third-order valence-electron chi connectivity index (χ3n) is 3.88. The molecule has 1 aliphatic rings. The standard InChI is InChI=1S/C13H23N3S/c1-3-16(10(2)13-15-8-9-17-13)12-6-4-11(14)5-7-12/h8-12H,3-7,14H2,1-2H3. The fourth-order valence-corrected chi connectivity index (χ4v) is 3.58. The molecular weight excluding hydrogens is 230 g/mol. The van der Waals surface area contributed by atoms with Gasteiger partial charge in [-0.15, -0.1) is 11.3 Å². The molecule has 2 N–H and O–H groups in total. The lowest BCUT2D eigenvalue weighted by Gasteiger charge is -2.38. The summed E-state index contributed by atoms with van der Waals surface area (Å²) in [4.78, 5) is 7.03. The van der Waals surface area contributed by atoms with E-state index in [2.05, 4.69) is 29.1 Å². The summed E-state index contributed by atoms with van der Waals surface area (Å²) >= 11 is 1.76. The van der Waals surface area contributed by atoms with Crippen LogP contribution in [-0.4, -0.2) is 28.5 Å². The lowest BCUT2D eigenvalue weighted by atomic mass is 9.90. The number of nitrogens with zero attached hydrogens (tertiary/aromatic N) is 2. The molecule has 0 aromatic carbocycles. The van der Waals surface area contributed by atoms with Gasteiger partial charge in [0.05, 0.1) is 6.04 Å². The summed E-state index contributed by atoms with van der Waals surface area (Å²) in [7, 11) is 0. The van der Waals surface area contributed by atoms with Gasteiger partial charge >= 0.3 is 0 Å². The van der Waals surface area contributed by atoms with Crippen LogP contribution in [0.2, 0.25) is 0 Å². The Morgan fingerprint density at radius 2 is 2.18 bits per heavy atom. The molecule has 96 valence electrons. The lowest BCUT2D eigenvalue weighted by molar-refractivity contribution is 0.114. The third kappa shape index (κ3) is 3.06. The Morgan fingerprint density at radius 1 is 1.47 bits per heavy atom. The molecule has 1 atom stereocenters. The van der Waals surface area contributed by atoms with E-state index in [1.807, 2.05) is 6.20 Å². The molecule has 0 bridgehead atoms. The topological polar surface area (TPSA) is 42.1 Å². The molecule has 0 spiro atoms. The maximum absolute atomic E-state index is 5.98. The Labute approximate surface area is 108 Å². The van der Waals surface area contributed by atoms with Crippen LogP contribution in [-0.2, 0) is 0 Å². The van der Waals surface area contributed by atoms with Gasteiger partial charge in [-0.05, 0) is 39.2 Å². The summed E-state index contributed by atoms with van der Waals surface area (Å²) in [5.74, 6) is 0. The molecule has 4 heteroatoms. The fraction of sp³-hybridized carbons (Fsp3) is 0.769. The smallest absolute Gasteiger partial charge is 0.109 e. The van der Waals surface area contributed by atoms with Gasteiger partial charge in [-0.1, -0.05) is 6.92 Å². The molecule has 2 rings (SSSR count). The predicted molar refractivity (Wildman–Crippen MR) is 73.1 cm³/mol. The number of thiazole rings is 1. The zero-order valence-corrected chi connectivity index (χ0v) is 11.6. The van der Waals surface area contributed by atoms with E-state index in [0.717, 1.165) is 6.54 Å². The van der Waals surface area contributed by atoms with Gasteiger partial charge in [0, 0.05) is 23.7 Å². The van der Waals surface area contributed by atoms with Crippen molar-refractivity contribution in [1.29, 1.82) is 0 Å². The van der Waals surface area contributed by atoms with E-state index in [9.17, 15) is 0 Å². The van der Waals surface area contributed by atoms with Crippen LogP contribution in [0.25, 0.3) is 0 Å². The highest BCUT2D eigenvalue weighted by molar-refractivity contribution is 7.09. The average molecular weight is 253 g/mol. The molecule has 1 aromatic heterocycles. The Bertz CT molecular complexity index is 317. The first-order valence-electron chi connectivity index (χ1n) is 6.63. The minimum atomic E-state index is 0.431. The van der Waals surface area contributed by atoms with Crippen molar-refractivity contribution in [2.75, 3.05) is 6.54 Å². The molecule has 1 heterocycles. The molecule has 1 saturated carbocycles. The minimum absolute atomic E-state index is 0.431. The second-order valence-electron chi connectivity index (χ2n) is 4.95. The van der Waals surface area contributed by atoms with E-state index < -0.39 is 0 Å². The maximum Gasteiger partial charge on any atom is 0.109 e. The maximum atomic E-state index is 5.98. The van der Waals surface area contributed by atoms with Crippen molar-refractivity contribution in [2.24, 2.45) is 5.73 Å². The van der Waals surface area contributed by atoms with Crippen molar-refractivity contribution in [3.05, 3.63) is 16.6 Å². The lowest BCUT2D eigenvalue weighted by Crippen LogP contribution is -2.42. The van der Waals surface area contributed by atoms with Crippen molar-refractivity contribution >= 4 is 11.3 Å². The monoisotopic (exact) mass is 253 g/mol. The molecular formula is C13H23N3S. The van der Waals surface area contributed by atoms with E-state index in [0.29, 0.717) is 18.1 Å². The van der Waals surface area contributed by atoms with Crippen molar-refractivity contribution in [1.82, 2.24) is 9.88 Å². The van der Waals surface area contributed by atoms with Crippen molar-refractivity contribution in [3.8, 4) is 0 Å². The molecule has 0 radical (unpaired) electrons. The first kappa shape index (κ1) is 13.0. The molecule has 0 saturated heterocycles. The molecule has 0 aliphatic heterocycles. The Hall–Kier alpha value is -0.450. The highest BCUT2D eigenvalue weighted by Crippen LogP contribution is 2.30. The number of hydrogen-bond donors (Lipinski definition) is 1. The first-order valence-corrected chi connectivity index (χ1v) is 7.51. The minimum Gasteiger partial charge on any atom is -0.328 e. The Kier molecular flexibility index (Phi) is 4.54. The average Bonchev–Trinajstić information content (AvgIpc) is 2.86. The highest BCUT2D eigenvalue weighted by atomic mass is 32.1. The van der Waals surface area contributed by atoms with Gasteiger partial charge < -0.3 is 5.73 Å². The van der Waals surface area contributed by atoms with Crippen LogP contribution in [0.15, 0.2) is 11.6 Å². The van der Waals surface area contributed by atoms with Gasteiger partial charge in [0.2, 0.25) is 0 Å². The van der Waals surface area contributed by atoms with E-state index in [1.54, 1.807) is 11.3 Å². The SMILES string of the molecule is CCN(C1CCC(N)CC1)C(C)c1nccs1. The van der Waals surface area contributed by atoms with Crippen molar-refractivity contribution in [2.45, 2.75) is 57.7 Å². The van der Waals surface area contributed by atoms with Crippen LogP contribution < -0.4 is 5.73 Å². The van der Waals surface area contributed by atoms with Gasteiger partial charge in [-0.25, -0.2) is 4.98 Å². The number of rotatable bonds is 4. The van der Waals surface area contributed by atoms with Crippen LogP contribution in [0.3, 0.4) is 0 Å². The Morgan fingerprint density at radius 3 is 2.71 bits per heavy atom. The van der Waals surface area contributed by atoms with Gasteiger partial charge in [-0.3, -0.25) is 4.90 Å². The number of aromatic nitrogens is 1. The summed E-state index contributed by atoms with van der Waals surface area (Å²) in [6.45, 7) is 5.62. The van der Waals surface area contributed by atoms with Gasteiger partial charge in [-0.2, -0.15) is 0 Å². The van der Waals surface area contributed by atoms with Gasteiger partial charge in [0.15, 0.2) is 0 Å². The zero-order chi connectivity index (χ0) is 12.3. The normalized spacial score (nSPS) is 27.3. The fourth-order valence-electron chi connectivity index (χ4n) is 2.86. The van der Waals surface area contributed by atoms with E-state index in [-0.39, 0.29) is 0 Å². The second kappa shape index (κ2) is 5.94. The second-order valence-corrected chi connectivity index (χ2v) is 5.87. The van der Waals surface area contributed by atoms with Crippen LogP contribution in [0.4, 0.5) is 0 Å². The van der Waals surface area contributed by atoms with Crippen molar-refractivity contribution < 1.29 is 0 Å². The summed E-state index contributed by atoms with van der Waals surface area (Å²) in [5.41, 5.74) is 5.98. The quantitative estimate of drug-likeness (QED) is 0.897. The Balaban J connectivity index is 2.01. The predicted octanol–water partition coefficient (Wildman–Crippen LogP) is 2.80. The van der Waals surface area contributed by atoms with Crippen LogP contribution in [0.5, 0.6) is 0 Å². The van der Waals surface area contributed by atoms with Gasteiger partial charge in [0.25, 0.3) is 0 Å². The highest BCUT2D eigenvalue weighted by Gasteiger charge is 2.27. The molecule has 3 nitrogen and oxygen atoms in total. The van der Waals surface area contributed by atoms with Crippen LogP contribution >= 0.6 is 11.3 Å². The zero-order valence-electron chi connectivity index (χ0n) is 10.8. The molecule has 1 fully saturated rings. The largest absolute Gasteiger partial charge is 0.328 e.